The van der Waals surface area contributed by atoms with E-state index in [2.05, 4.69) is 15.3 Å². The molecule has 0 unspecified atom stereocenters. The van der Waals surface area contributed by atoms with Gasteiger partial charge in [-0.3, -0.25) is 4.79 Å². The fraction of sp³-hybridized carbons (Fsp3) is 0.643. The SMILES string of the molecule is CCOC(=O)N1CCC(Nc2cc(=O)[nH]c(CC)n2)CC1. The van der Waals surface area contributed by atoms with Gasteiger partial charge in [-0.05, 0) is 19.8 Å². The number of H-pyrrole nitrogens is 1. The van der Waals surface area contributed by atoms with E-state index in [1.54, 1.807) is 11.8 Å². The molecule has 0 bridgehead atoms. The number of carbonyl (C=O) groups is 1. The zero-order valence-electron chi connectivity index (χ0n) is 12.5. The molecule has 1 aromatic heterocycles. The van der Waals surface area contributed by atoms with Crippen LogP contribution in [0.4, 0.5) is 10.6 Å². The highest BCUT2D eigenvalue weighted by Gasteiger charge is 2.23. The van der Waals surface area contributed by atoms with Gasteiger partial charge in [-0.15, -0.1) is 0 Å². The number of carbonyl (C=O) groups excluding carboxylic acids is 1. The van der Waals surface area contributed by atoms with Crippen LogP contribution in [-0.4, -0.2) is 46.7 Å². The molecule has 0 atom stereocenters. The molecule has 0 aromatic carbocycles. The van der Waals surface area contributed by atoms with Crippen LogP contribution in [-0.2, 0) is 11.2 Å². The van der Waals surface area contributed by atoms with Crippen LogP contribution in [0, 0.1) is 0 Å². The minimum absolute atomic E-state index is 0.145. The average Bonchev–Trinajstić information content (AvgIpc) is 2.47. The highest BCUT2D eigenvalue weighted by molar-refractivity contribution is 5.67. The summed E-state index contributed by atoms with van der Waals surface area (Å²) >= 11 is 0. The van der Waals surface area contributed by atoms with Crippen molar-refractivity contribution in [3.8, 4) is 0 Å². The fourth-order valence-corrected chi connectivity index (χ4v) is 2.38. The molecule has 0 aliphatic carbocycles. The summed E-state index contributed by atoms with van der Waals surface area (Å²) in [4.78, 5) is 31.9. The topological polar surface area (TPSA) is 87.3 Å². The van der Waals surface area contributed by atoms with Crippen LogP contribution in [0.2, 0.25) is 0 Å². The average molecular weight is 294 g/mol. The molecule has 2 N–H and O–H groups in total. The lowest BCUT2D eigenvalue weighted by Gasteiger charge is -2.31. The van der Waals surface area contributed by atoms with Gasteiger partial charge in [0.05, 0.1) is 6.61 Å². The number of aromatic amines is 1. The molecule has 7 heteroatoms. The van der Waals surface area contributed by atoms with Gasteiger partial charge >= 0.3 is 6.09 Å². The summed E-state index contributed by atoms with van der Waals surface area (Å²) in [5.74, 6) is 1.28. The zero-order chi connectivity index (χ0) is 15.2. The lowest BCUT2D eigenvalue weighted by atomic mass is 10.1. The number of aryl methyl sites for hydroxylation is 1. The fourth-order valence-electron chi connectivity index (χ4n) is 2.38. The van der Waals surface area contributed by atoms with Crippen LogP contribution >= 0.6 is 0 Å². The summed E-state index contributed by atoms with van der Waals surface area (Å²) in [6, 6.07) is 1.69. The molecule has 2 heterocycles. The summed E-state index contributed by atoms with van der Waals surface area (Å²) in [7, 11) is 0. The molecule has 0 saturated carbocycles. The van der Waals surface area contributed by atoms with E-state index >= 15 is 0 Å². The molecule has 21 heavy (non-hydrogen) atoms. The molecule has 1 aliphatic heterocycles. The molecule has 1 amide bonds. The van der Waals surface area contributed by atoms with Gasteiger partial charge in [0.15, 0.2) is 0 Å². The van der Waals surface area contributed by atoms with Gasteiger partial charge < -0.3 is 19.9 Å². The molecule has 1 fully saturated rings. The quantitative estimate of drug-likeness (QED) is 0.875. The Balaban J connectivity index is 1.90. The standard InChI is InChI=1S/C14H22N4O3/c1-3-11-16-12(9-13(19)17-11)15-10-5-7-18(8-6-10)14(20)21-4-2/h9-10H,3-8H2,1-2H3,(H2,15,16,17,19). The molecule has 2 rings (SSSR count). The van der Waals surface area contributed by atoms with Crippen LogP contribution < -0.4 is 10.9 Å². The van der Waals surface area contributed by atoms with E-state index in [9.17, 15) is 9.59 Å². The Morgan fingerprint density at radius 2 is 2.19 bits per heavy atom. The van der Waals surface area contributed by atoms with E-state index < -0.39 is 0 Å². The molecular formula is C14H22N4O3. The van der Waals surface area contributed by atoms with Crippen molar-refractivity contribution < 1.29 is 9.53 Å². The molecule has 1 aliphatic rings. The summed E-state index contributed by atoms with van der Waals surface area (Å²) < 4.78 is 4.99. The number of piperidine rings is 1. The van der Waals surface area contributed by atoms with Gasteiger partial charge in [-0.25, -0.2) is 9.78 Å². The Morgan fingerprint density at radius 3 is 2.81 bits per heavy atom. The van der Waals surface area contributed by atoms with Gasteiger partial charge in [0, 0.05) is 31.6 Å². The number of ether oxygens (including phenoxy) is 1. The second-order valence-corrected chi connectivity index (χ2v) is 5.04. The van der Waals surface area contributed by atoms with Crippen LogP contribution in [0.5, 0.6) is 0 Å². The van der Waals surface area contributed by atoms with Gasteiger partial charge in [-0.1, -0.05) is 6.92 Å². The Hall–Kier alpha value is -2.05. The molecule has 0 radical (unpaired) electrons. The number of amides is 1. The second-order valence-electron chi connectivity index (χ2n) is 5.04. The van der Waals surface area contributed by atoms with Crippen molar-refractivity contribution in [1.29, 1.82) is 0 Å². The van der Waals surface area contributed by atoms with Crippen molar-refractivity contribution in [2.75, 3.05) is 25.0 Å². The van der Waals surface area contributed by atoms with Crippen molar-refractivity contribution in [1.82, 2.24) is 14.9 Å². The van der Waals surface area contributed by atoms with Crippen LogP contribution in [0.15, 0.2) is 10.9 Å². The van der Waals surface area contributed by atoms with Gasteiger partial charge in [0.25, 0.3) is 5.56 Å². The molecule has 1 aromatic rings. The van der Waals surface area contributed by atoms with Crippen molar-refractivity contribution in [3.05, 3.63) is 22.2 Å². The van der Waals surface area contributed by atoms with Crippen molar-refractivity contribution in [3.63, 3.8) is 0 Å². The number of hydrogen-bond acceptors (Lipinski definition) is 5. The molecular weight excluding hydrogens is 272 g/mol. The minimum atomic E-state index is -0.251. The zero-order valence-corrected chi connectivity index (χ0v) is 12.5. The summed E-state index contributed by atoms with van der Waals surface area (Å²) in [6.07, 6.45) is 2.06. The second kappa shape index (κ2) is 7.10. The number of hydrogen-bond donors (Lipinski definition) is 2. The Morgan fingerprint density at radius 1 is 1.48 bits per heavy atom. The monoisotopic (exact) mass is 294 g/mol. The van der Waals surface area contributed by atoms with E-state index in [0.29, 0.717) is 37.8 Å². The third-order valence-corrected chi connectivity index (χ3v) is 3.50. The van der Waals surface area contributed by atoms with Crippen molar-refractivity contribution >= 4 is 11.9 Å². The minimum Gasteiger partial charge on any atom is -0.450 e. The Kier molecular flexibility index (Phi) is 5.19. The maximum atomic E-state index is 11.6. The van der Waals surface area contributed by atoms with Crippen LogP contribution in [0.3, 0.4) is 0 Å². The number of nitrogens with zero attached hydrogens (tertiary/aromatic N) is 2. The first-order valence-electron chi connectivity index (χ1n) is 7.40. The molecule has 0 spiro atoms. The summed E-state index contributed by atoms with van der Waals surface area (Å²) in [6.45, 7) is 5.45. The molecule has 116 valence electrons. The summed E-state index contributed by atoms with van der Waals surface area (Å²) in [5.41, 5.74) is -0.145. The van der Waals surface area contributed by atoms with Crippen LogP contribution in [0.1, 0.15) is 32.5 Å². The normalized spacial score (nSPS) is 15.8. The first-order valence-corrected chi connectivity index (χ1v) is 7.40. The molecule has 7 nitrogen and oxygen atoms in total. The third kappa shape index (κ3) is 4.21. The van der Waals surface area contributed by atoms with Crippen LogP contribution in [0.25, 0.3) is 0 Å². The molecule has 1 saturated heterocycles. The highest BCUT2D eigenvalue weighted by Crippen LogP contribution is 2.15. The number of rotatable bonds is 4. The first-order chi connectivity index (χ1) is 10.1. The number of nitrogens with one attached hydrogen (secondary N) is 2. The third-order valence-electron chi connectivity index (χ3n) is 3.50. The lowest BCUT2D eigenvalue weighted by Crippen LogP contribution is -2.42. The van der Waals surface area contributed by atoms with E-state index in [4.69, 9.17) is 4.74 Å². The Bertz CT molecular complexity index is 535. The van der Waals surface area contributed by atoms with E-state index in [-0.39, 0.29) is 17.7 Å². The van der Waals surface area contributed by atoms with Gasteiger partial charge in [-0.2, -0.15) is 0 Å². The van der Waals surface area contributed by atoms with Crippen molar-refractivity contribution in [2.24, 2.45) is 0 Å². The Labute approximate surface area is 123 Å². The largest absolute Gasteiger partial charge is 0.450 e. The lowest BCUT2D eigenvalue weighted by molar-refractivity contribution is 0.0983. The first kappa shape index (κ1) is 15.3. The maximum Gasteiger partial charge on any atom is 0.409 e. The van der Waals surface area contributed by atoms with E-state index in [1.165, 1.54) is 6.07 Å². The maximum absolute atomic E-state index is 11.6. The van der Waals surface area contributed by atoms with E-state index in [0.717, 1.165) is 12.8 Å². The van der Waals surface area contributed by atoms with Gasteiger partial charge in [0.2, 0.25) is 0 Å². The number of likely N-dealkylation sites (tertiary alicyclic amines) is 1. The van der Waals surface area contributed by atoms with E-state index in [1.807, 2.05) is 6.92 Å². The highest BCUT2D eigenvalue weighted by atomic mass is 16.6. The number of anilines is 1. The van der Waals surface area contributed by atoms with Crippen molar-refractivity contribution in [2.45, 2.75) is 39.2 Å². The summed E-state index contributed by atoms with van der Waals surface area (Å²) in [5, 5.41) is 3.28. The van der Waals surface area contributed by atoms with Gasteiger partial charge in [0.1, 0.15) is 11.6 Å². The predicted molar refractivity (Wildman–Crippen MR) is 79.5 cm³/mol. The smallest absolute Gasteiger partial charge is 0.409 e. The number of aromatic nitrogens is 2. The predicted octanol–water partition coefficient (Wildman–Crippen LogP) is 1.37.